The summed E-state index contributed by atoms with van der Waals surface area (Å²) in [6, 6.07) is 15.7. The van der Waals surface area contributed by atoms with Crippen molar-refractivity contribution < 1.29 is 14.3 Å². The number of pyridine rings is 1. The number of aromatic nitrogens is 3. The van der Waals surface area contributed by atoms with Gasteiger partial charge in [-0.1, -0.05) is 12.1 Å². The van der Waals surface area contributed by atoms with E-state index in [2.05, 4.69) is 15.6 Å². The number of anilines is 2. The maximum Gasteiger partial charge on any atom is 0.190 e. The number of hydrogen-bond donors (Lipinski definition) is 0. The molecule has 0 N–H and O–H groups in total. The lowest BCUT2D eigenvalue weighted by molar-refractivity contribution is 0.0929. The van der Waals surface area contributed by atoms with Crippen molar-refractivity contribution in [2.75, 3.05) is 18.6 Å². The fourth-order valence-electron chi connectivity index (χ4n) is 4.70. The van der Waals surface area contributed by atoms with Gasteiger partial charge in [0.1, 0.15) is 11.4 Å². The van der Waals surface area contributed by atoms with Crippen molar-refractivity contribution in [1.29, 1.82) is 0 Å². The van der Waals surface area contributed by atoms with Gasteiger partial charge in [-0.15, -0.1) is 0 Å². The number of imidazole rings is 1. The lowest BCUT2D eigenvalue weighted by atomic mass is 9.97. The van der Waals surface area contributed by atoms with E-state index in [1.807, 2.05) is 62.2 Å². The molecule has 0 aliphatic carbocycles. The molecule has 0 fully saturated rings. The van der Waals surface area contributed by atoms with Crippen LogP contribution in [0.3, 0.4) is 0 Å². The molecule has 34 heavy (non-hydrogen) atoms. The van der Waals surface area contributed by atoms with E-state index in [9.17, 15) is 4.79 Å². The van der Waals surface area contributed by atoms with E-state index in [1.165, 1.54) is 0 Å². The molecule has 174 valence electrons. The summed E-state index contributed by atoms with van der Waals surface area (Å²) in [5.74, 6) is 2.24. The van der Waals surface area contributed by atoms with E-state index in [4.69, 9.17) is 14.5 Å². The van der Waals surface area contributed by atoms with Gasteiger partial charge < -0.3 is 18.9 Å². The van der Waals surface area contributed by atoms with Crippen LogP contribution in [0.25, 0.3) is 11.0 Å². The fraction of sp³-hybridized carbons (Fsp3) is 0.296. The van der Waals surface area contributed by atoms with Crippen molar-refractivity contribution in [3.63, 3.8) is 0 Å². The van der Waals surface area contributed by atoms with E-state index < -0.39 is 5.54 Å². The predicted molar refractivity (Wildman–Crippen MR) is 132 cm³/mol. The molecule has 2 aromatic carbocycles. The topological polar surface area (TPSA) is 69.5 Å². The van der Waals surface area contributed by atoms with Gasteiger partial charge in [-0.2, -0.15) is 0 Å². The van der Waals surface area contributed by atoms with Crippen LogP contribution in [-0.4, -0.2) is 39.6 Å². The molecule has 2 aromatic heterocycles. The number of rotatable bonds is 7. The van der Waals surface area contributed by atoms with Crippen LogP contribution in [0.1, 0.15) is 36.5 Å². The monoisotopic (exact) mass is 456 g/mol. The van der Waals surface area contributed by atoms with Gasteiger partial charge in [-0.05, 0) is 50.6 Å². The molecule has 0 spiro atoms. The lowest BCUT2D eigenvalue weighted by Gasteiger charge is -2.32. The van der Waals surface area contributed by atoms with E-state index in [0.717, 1.165) is 41.1 Å². The summed E-state index contributed by atoms with van der Waals surface area (Å²) in [6.07, 6.45) is 5.09. The Balaban J connectivity index is 1.37. The highest BCUT2D eigenvalue weighted by Gasteiger charge is 2.45. The minimum atomic E-state index is -0.741. The van der Waals surface area contributed by atoms with Crippen LogP contribution in [0.4, 0.5) is 11.4 Å². The Labute approximate surface area is 199 Å². The Kier molecular flexibility index (Phi) is 5.48. The first kappa shape index (κ1) is 21.9. The molecule has 0 saturated carbocycles. The van der Waals surface area contributed by atoms with Crippen LogP contribution in [0.5, 0.6) is 11.5 Å². The fourth-order valence-corrected chi connectivity index (χ4v) is 4.70. The molecular formula is C27H28N4O3. The Morgan fingerprint density at radius 1 is 1.06 bits per heavy atom. The highest BCUT2D eigenvalue weighted by molar-refractivity contribution is 6.15. The van der Waals surface area contributed by atoms with Crippen LogP contribution in [0.15, 0.2) is 60.9 Å². The number of hydrogen-bond acceptors (Lipinski definition) is 6. The van der Waals surface area contributed by atoms with Crippen molar-refractivity contribution in [1.82, 2.24) is 14.5 Å². The number of ketones is 1. The smallest absolute Gasteiger partial charge is 0.190 e. The van der Waals surface area contributed by atoms with Crippen LogP contribution in [0, 0.1) is 0 Å². The third-order valence-electron chi connectivity index (χ3n) is 6.47. The Morgan fingerprint density at radius 2 is 1.88 bits per heavy atom. The number of para-hydroxylation sites is 2. The number of aryl methyl sites for hydroxylation is 2. The van der Waals surface area contributed by atoms with Gasteiger partial charge in [0.15, 0.2) is 17.3 Å². The molecule has 7 heteroatoms. The largest absolute Gasteiger partial charge is 0.493 e. The number of methoxy groups -OCH3 is 1. The number of nitrogens with zero attached hydrogens (tertiary/aromatic N) is 4. The van der Waals surface area contributed by atoms with Gasteiger partial charge >= 0.3 is 0 Å². The number of fused-ring (bicyclic) bond motifs is 2. The zero-order valence-corrected chi connectivity index (χ0v) is 19.9. The van der Waals surface area contributed by atoms with Gasteiger partial charge in [-0.25, -0.2) is 4.98 Å². The quantitative estimate of drug-likeness (QED) is 0.360. The molecule has 0 unspecified atom stereocenters. The van der Waals surface area contributed by atoms with Crippen LogP contribution >= 0.6 is 0 Å². The van der Waals surface area contributed by atoms with Gasteiger partial charge in [-0.3, -0.25) is 9.78 Å². The molecule has 0 radical (unpaired) electrons. The molecule has 7 nitrogen and oxygen atoms in total. The van der Waals surface area contributed by atoms with E-state index in [-0.39, 0.29) is 5.78 Å². The average molecular weight is 457 g/mol. The van der Waals surface area contributed by atoms with Gasteiger partial charge in [0.05, 0.1) is 42.3 Å². The number of carbonyl (C=O) groups excluding carboxylic acids is 1. The average Bonchev–Trinajstić information content (AvgIpc) is 3.27. The summed E-state index contributed by atoms with van der Waals surface area (Å²) in [6.45, 7) is 4.35. The SMILES string of the molecule is COc1cc2c(cc1OCCCc1nc3ccccc3n1C)N(c1cccnc1)C(C)(C)C2=O. The van der Waals surface area contributed by atoms with Crippen molar-refractivity contribution in [3.8, 4) is 11.5 Å². The van der Waals surface area contributed by atoms with Crippen molar-refractivity contribution >= 4 is 28.2 Å². The Hall–Kier alpha value is -3.87. The summed E-state index contributed by atoms with van der Waals surface area (Å²) in [4.78, 5) is 24.2. The van der Waals surface area contributed by atoms with Crippen molar-refractivity contribution in [2.24, 2.45) is 7.05 Å². The Bertz CT molecular complexity index is 1360. The third-order valence-corrected chi connectivity index (χ3v) is 6.47. The molecule has 3 heterocycles. The van der Waals surface area contributed by atoms with Crippen LogP contribution < -0.4 is 14.4 Å². The molecular weight excluding hydrogens is 428 g/mol. The maximum absolute atomic E-state index is 13.2. The lowest BCUT2D eigenvalue weighted by Crippen LogP contribution is -2.41. The summed E-state index contributed by atoms with van der Waals surface area (Å²) in [5.41, 5.74) is 3.67. The molecule has 1 aliphatic heterocycles. The summed E-state index contributed by atoms with van der Waals surface area (Å²) < 4.78 is 13.9. The number of ether oxygens (including phenoxy) is 2. The first-order valence-corrected chi connectivity index (χ1v) is 11.4. The first-order valence-electron chi connectivity index (χ1n) is 11.4. The molecule has 0 amide bonds. The molecule has 0 bridgehead atoms. The molecule has 5 rings (SSSR count). The number of Topliss-reactive ketones (excluding diaryl/α,β-unsaturated/α-hetero) is 1. The minimum absolute atomic E-state index is 0.0399. The highest BCUT2D eigenvalue weighted by Crippen LogP contribution is 2.47. The second kappa shape index (κ2) is 8.48. The Morgan fingerprint density at radius 3 is 2.62 bits per heavy atom. The molecule has 0 saturated heterocycles. The summed E-state index contributed by atoms with van der Waals surface area (Å²) in [7, 11) is 3.64. The van der Waals surface area contributed by atoms with Gasteiger partial charge in [0, 0.05) is 31.3 Å². The standard InChI is InChI=1S/C27H28N4O3/c1-27(2)26(32)19-15-23(33-4)24(16-22(19)31(27)18-9-7-13-28-17-18)34-14-8-12-25-29-20-10-5-6-11-21(20)30(25)3/h5-7,9-11,13,15-17H,8,12,14H2,1-4H3. The predicted octanol–water partition coefficient (Wildman–Crippen LogP) is 5.10. The van der Waals surface area contributed by atoms with Gasteiger partial charge in [0.25, 0.3) is 0 Å². The highest BCUT2D eigenvalue weighted by atomic mass is 16.5. The summed E-state index contributed by atoms with van der Waals surface area (Å²) >= 11 is 0. The normalized spacial score (nSPS) is 14.5. The first-order chi connectivity index (χ1) is 16.4. The summed E-state index contributed by atoms with van der Waals surface area (Å²) in [5, 5.41) is 0. The molecule has 1 aliphatic rings. The third kappa shape index (κ3) is 3.57. The van der Waals surface area contributed by atoms with E-state index in [0.29, 0.717) is 23.7 Å². The van der Waals surface area contributed by atoms with Crippen molar-refractivity contribution in [2.45, 2.75) is 32.2 Å². The zero-order chi connectivity index (χ0) is 23.9. The second-order valence-electron chi connectivity index (χ2n) is 8.98. The van der Waals surface area contributed by atoms with E-state index >= 15 is 0 Å². The van der Waals surface area contributed by atoms with Crippen LogP contribution in [0.2, 0.25) is 0 Å². The minimum Gasteiger partial charge on any atom is -0.493 e. The van der Waals surface area contributed by atoms with Gasteiger partial charge in [0.2, 0.25) is 0 Å². The molecule has 4 aromatic rings. The molecule has 0 atom stereocenters. The zero-order valence-electron chi connectivity index (χ0n) is 19.9. The maximum atomic E-state index is 13.2. The van der Waals surface area contributed by atoms with Crippen LogP contribution in [-0.2, 0) is 13.5 Å². The second-order valence-corrected chi connectivity index (χ2v) is 8.98. The number of carbonyl (C=O) groups is 1. The number of benzene rings is 2. The van der Waals surface area contributed by atoms with E-state index in [1.54, 1.807) is 25.6 Å². The van der Waals surface area contributed by atoms with Crippen molar-refractivity contribution in [3.05, 3.63) is 72.3 Å².